The molecular weight excluding hydrogens is 354 g/mol. The van der Waals surface area contributed by atoms with Crippen LogP contribution in [0, 0.1) is 20.8 Å². The first-order valence-corrected chi connectivity index (χ1v) is 8.41. The molecule has 7 heteroatoms. The number of carbonyl (C=O) groups excluding carboxylic acids is 1. The largest absolute Gasteiger partial charge is 0.483 e. The molecule has 0 aliphatic rings. The molecule has 0 fully saturated rings. The molecule has 1 N–H and O–H groups in total. The average molecular weight is 372 g/mol. The quantitative estimate of drug-likeness (QED) is 0.722. The van der Waals surface area contributed by atoms with Crippen LogP contribution in [0.15, 0.2) is 41.0 Å². The van der Waals surface area contributed by atoms with Gasteiger partial charge in [0.2, 0.25) is 5.82 Å². The second-order valence-electron chi connectivity index (χ2n) is 6.03. The van der Waals surface area contributed by atoms with E-state index in [-0.39, 0.29) is 18.3 Å². The van der Waals surface area contributed by atoms with Gasteiger partial charge < -0.3 is 10.1 Å². The zero-order valence-corrected chi connectivity index (χ0v) is 15.4. The summed E-state index contributed by atoms with van der Waals surface area (Å²) in [6.07, 6.45) is 0. The Morgan fingerprint density at radius 3 is 2.42 bits per heavy atom. The maximum absolute atomic E-state index is 12.2. The van der Waals surface area contributed by atoms with Gasteiger partial charge in [0.1, 0.15) is 5.75 Å². The highest BCUT2D eigenvalue weighted by atomic mass is 35.5. The Labute approximate surface area is 156 Å². The zero-order valence-electron chi connectivity index (χ0n) is 14.7. The number of nitrogens with one attached hydrogen (secondary N) is 1. The van der Waals surface area contributed by atoms with E-state index < -0.39 is 0 Å². The average Bonchev–Trinajstić information content (AvgIpc) is 3.02. The Balaban J connectivity index is 1.68. The molecule has 1 amide bonds. The number of aromatic nitrogens is 2. The molecule has 0 saturated heterocycles. The molecule has 26 heavy (non-hydrogen) atoms. The van der Waals surface area contributed by atoms with Crippen LogP contribution in [-0.2, 0) is 4.79 Å². The van der Waals surface area contributed by atoms with Crippen molar-refractivity contribution in [1.82, 2.24) is 10.3 Å². The second kappa shape index (κ2) is 7.58. The number of aryl methyl sites for hydroxylation is 3. The fraction of sp³-hybridized carbons (Fsp3) is 0.211. The number of nitrogens with zero attached hydrogens (tertiary/aromatic N) is 2. The van der Waals surface area contributed by atoms with Crippen molar-refractivity contribution in [3.05, 3.63) is 58.1 Å². The first-order valence-electron chi connectivity index (χ1n) is 8.03. The molecule has 3 rings (SSSR count). The van der Waals surface area contributed by atoms with Crippen molar-refractivity contribution in [2.24, 2.45) is 0 Å². The number of benzene rings is 2. The summed E-state index contributed by atoms with van der Waals surface area (Å²) >= 11 is 5.89. The fourth-order valence-electron chi connectivity index (χ4n) is 2.77. The molecule has 6 nitrogen and oxygen atoms in total. The minimum atomic E-state index is -0.352. The number of carbonyl (C=O) groups is 1. The number of halogens is 1. The van der Waals surface area contributed by atoms with Gasteiger partial charge >= 0.3 is 0 Å². The van der Waals surface area contributed by atoms with Crippen molar-refractivity contribution in [3.8, 4) is 17.0 Å². The van der Waals surface area contributed by atoms with Crippen molar-refractivity contribution in [1.29, 1.82) is 0 Å². The molecule has 0 saturated carbocycles. The summed E-state index contributed by atoms with van der Waals surface area (Å²) in [7, 11) is 0. The van der Waals surface area contributed by atoms with E-state index in [1.54, 1.807) is 24.3 Å². The lowest BCUT2D eigenvalue weighted by Crippen LogP contribution is -2.21. The van der Waals surface area contributed by atoms with Crippen LogP contribution in [0.4, 0.5) is 5.82 Å². The van der Waals surface area contributed by atoms with E-state index >= 15 is 0 Å². The van der Waals surface area contributed by atoms with Crippen molar-refractivity contribution in [2.75, 3.05) is 11.9 Å². The Morgan fingerprint density at radius 1 is 1.12 bits per heavy atom. The number of amides is 1. The van der Waals surface area contributed by atoms with Gasteiger partial charge in [-0.05, 0) is 54.3 Å². The van der Waals surface area contributed by atoms with E-state index in [1.165, 1.54) is 0 Å². The highest BCUT2D eigenvalue weighted by Gasteiger charge is 2.16. The third kappa shape index (κ3) is 4.03. The Hall–Kier alpha value is -2.86. The van der Waals surface area contributed by atoms with E-state index in [4.69, 9.17) is 21.0 Å². The highest BCUT2D eigenvalue weighted by molar-refractivity contribution is 6.30. The predicted molar refractivity (Wildman–Crippen MR) is 99.5 cm³/mol. The number of rotatable bonds is 5. The van der Waals surface area contributed by atoms with Gasteiger partial charge in [0.25, 0.3) is 5.91 Å². The maximum atomic E-state index is 12.2. The van der Waals surface area contributed by atoms with Crippen LogP contribution in [0.3, 0.4) is 0 Å². The van der Waals surface area contributed by atoms with Crippen LogP contribution in [0.25, 0.3) is 11.3 Å². The van der Waals surface area contributed by atoms with Crippen LogP contribution >= 0.6 is 11.6 Å². The topological polar surface area (TPSA) is 77.2 Å². The van der Waals surface area contributed by atoms with E-state index in [0.29, 0.717) is 16.5 Å². The molecule has 2 aromatic carbocycles. The van der Waals surface area contributed by atoms with Crippen molar-refractivity contribution in [2.45, 2.75) is 20.8 Å². The lowest BCUT2D eigenvalue weighted by atomic mass is 10.1. The lowest BCUT2D eigenvalue weighted by Gasteiger charge is -2.12. The molecule has 0 bridgehead atoms. The minimum absolute atomic E-state index is 0.141. The molecule has 3 aromatic rings. The van der Waals surface area contributed by atoms with Crippen molar-refractivity contribution >= 4 is 23.3 Å². The first kappa shape index (κ1) is 17.9. The van der Waals surface area contributed by atoms with Gasteiger partial charge in [0.15, 0.2) is 12.3 Å². The molecule has 0 radical (unpaired) electrons. The van der Waals surface area contributed by atoms with Gasteiger partial charge in [0, 0.05) is 10.6 Å². The number of ether oxygens (including phenoxy) is 1. The summed E-state index contributed by atoms with van der Waals surface area (Å²) in [5.41, 5.74) is 4.29. The predicted octanol–water partition coefficient (Wildman–Crippen LogP) is 4.33. The summed E-state index contributed by atoms with van der Waals surface area (Å²) in [5, 5.41) is 10.9. The van der Waals surface area contributed by atoms with Crippen LogP contribution in [0.1, 0.15) is 16.7 Å². The Bertz CT molecular complexity index is 912. The van der Waals surface area contributed by atoms with E-state index in [0.717, 1.165) is 22.3 Å². The van der Waals surface area contributed by atoms with Crippen LogP contribution in [0.5, 0.6) is 5.75 Å². The normalized spacial score (nSPS) is 10.6. The van der Waals surface area contributed by atoms with E-state index in [2.05, 4.69) is 15.6 Å². The number of hydrogen-bond acceptors (Lipinski definition) is 5. The monoisotopic (exact) mass is 371 g/mol. The van der Waals surface area contributed by atoms with Gasteiger partial charge in [-0.3, -0.25) is 4.79 Å². The van der Waals surface area contributed by atoms with Gasteiger partial charge in [0.05, 0.1) is 0 Å². The van der Waals surface area contributed by atoms with Gasteiger partial charge in [-0.25, -0.2) is 4.63 Å². The van der Waals surface area contributed by atoms with Crippen LogP contribution in [-0.4, -0.2) is 22.8 Å². The fourth-order valence-corrected chi connectivity index (χ4v) is 2.89. The minimum Gasteiger partial charge on any atom is -0.483 e. The van der Waals surface area contributed by atoms with E-state index in [1.807, 2.05) is 32.9 Å². The molecular formula is C19H18ClN3O3. The van der Waals surface area contributed by atoms with Crippen LogP contribution in [0.2, 0.25) is 5.02 Å². The van der Waals surface area contributed by atoms with Gasteiger partial charge in [-0.15, -0.1) is 0 Å². The van der Waals surface area contributed by atoms with Crippen LogP contribution < -0.4 is 10.1 Å². The second-order valence-corrected chi connectivity index (χ2v) is 6.47. The summed E-state index contributed by atoms with van der Waals surface area (Å²) < 4.78 is 10.4. The zero-order chi connectivity index (χ0) is 18.7. The van der Waals surface area contributed by atoms with Gasteiger partial charge in [-0.2, -0.15) is 0 Å². The Morgan fingerprint density at radius 2 is 1.77 bits per heavy atom. The highest BCUT2D eigenvalue weighted by Crippen LogP contribution is 2.26. The molecule has 0 aliphatic carbocycles. The summed E-state index contributed by atoms with van der Waals surface area (Å²) in [5.74, 6) is 0.593. The summed E-state index contributed by atoms with van der Waals surface area (Å²) in [4.78, 5) is 12.2. The third-order valence-electron chi connectivity index (χ3n) is 3.82. The molecule has 134 valence electrons. The third-order valence-corrected chi connectivity index (χ3v) is 4.07. The van der Waals surface area contributed by atoms with Crippen molar-refractivity contribution in [3.63, 3.8) is 0 Å². The Kier molecular flexibility index (Phi) is 5.23. The SMILES string of the molecule is Cc1cc(C)c(OCC(=O)Nc2nonc2-c2ccc(Cl)cc2)c(C)c1. The molecule has 0 aliphatic heterocycles. The molecule has 0 unspecified atom stereocenters. The molecule has 1 aromatic heterocycles. The smallest absolute Gasteiger partial charge is 0.263 e. The van der Waals surface area contributed by atoms with Gasteiger partial charge in [-0.1, -0.05) is 41.4 Å². The maximum Gasteiger partial charge on any atom is 0.263 e. The summed E-state index contributed by atoms with van der Waals surface area (Å²) in [6, 6.07) is 11.0. The first-order chi connectivity index (χ1) is 12.4. The standard InChI is InChI=1S/C19H18ClN3O3/c1-11-8-12(2)18(13(3)9-11)25-10-16(24)21-19-17(22-26-23-19)14-4-6-15(20)7-5-14/h4-9H,10H2,1-3H3,(H,21,23,24). The molecule has 0 atom stereocenters. The van der Waals surface area contributed by atoms with Crippen molar-refractivity contribution < 1.29 is 14.2 Å². The summed E-state index contributed by atoms with van der Waals surface area (Å²) in [6.45, 7) is 5.78. The molecule has 0 spiro atoms. The number of anilines is 1. The lowest BCUT2D eigenvalue weighted by molar-refractivity contribution is -0.118. The number of hydrogen-bond donors (Lipinski definition) is 1. The van der Waals surface area contributed by atoms with E-state index in [9.17, 15) is 4.79 Å². The molecule has 1 heterocycles.